The van der Waals surface area contributed by atoms with Gasteiger partial charge in [0.1, 0.15) is 6.04 Å². The van der Waals surface area contributed by atoms with Crippen LogP contribution in [-0.4, -0.2) is 34.7 Å². The van der Waals surface area contributed by atoms with Crippen molar-refractivity contribution < 1.29 is 32.3 Å². The summed E-state index contributed by atoms with van der Waals surface area (Å²) in [4.78, 5) is 51.5. The van der Waals surface area contributed by atoms with E-state index in [1.807, 2.05) is 0 Å². The van der Waals surface area contributed by atoms with Crippen LogP contribution in [0.4, 0.5) is 18.9 Å². The lowest BCUT2D eigenvalue weighted by molar-refractivity contribution is -0.139. The van der Waals surface area contributed by atoms with E-state index in [1.165, 1.54) is 6.07 Å². The van der Waals surface area contributed by atoms with E-state index in [9.17, 15) is 32.3 Å². The smallest absolute Gasteiger partial charge is 0.274 e. The van der Waals surface area contributed by atoms with Crippen LogP contribution < -0.4 is 10.3 Å². The molecule has 174 valence electrons. The van der Waals surface area contributed by atoms with Crippen molar-refractivity contribution in [3.05, 3.63) is 77.9 Å². The summed E-state index contributed by atoms with van der Waals surface area (Å²) in [5, 5.41) is 2.15. The number of hydrazine groups is 1. The van der Waals surface area contributed by atoms with Crippen molar-refractivity contribution in [2.45, 2.75) is 25.6 Å². The highest BCUT2D eigenvalue weighted by molar-refractivity contribution is 6.23. The first-order valence-electron chi connectivity index (χ1n) is 10.2. The molecule has 0 radical (unpaired) electrons. The molecule has 0 bridgehead atoms. The van der Waals surface area contributed by atoms with E-state index in [1.54, 1.807) is 42.5 Å². The van der Waals surface area contributed by atoms with Crippen LogP contribution in [0.25, 0.3) is 10.8 Å². The van der Waals surface area contributed by atoms with Crippen LogP contribution in [0, 0.1) is 0 Å². The van der Waals surface area contributed by atoms with E-state index in [0.717, 1.165) is 29.5 Å². The van der Waals surface area contributed by atoms with Crippen molar-refractivity contribution in [2.75, 3.05) is 4.90 Å². The molecule has 0 aliphatic carbocycles. The summed E-state index contributed by atoms with van der Waals surface area (Å²) >= 11 is 0. The predicted octanol–water partition coefficient (Wildman–Crippen LogP) is 3.68. The average Bonchev–Trinajstić information content (AvgIpc) is 3.09. The van der Waals surface area contributed by atoms with Crippen LogP contribution in [0.3, 0.4) is 0 Å². The second kappa shape index (κ2) is 8.62. The van der Waals surface area contributed by atoms with E-state index >= 15 is 0 Å². The molecule has 3 aromatic rings. The maximum Gasteiger partial charge on any atom is 0.416 e. The summed E-state index contributed by atoms with van der Waals surface area (Å²) in [7, 11) is 0. The summed E-state index contributed by atoms with van der Waals surface area (Å²) in [5.41, 5.74) is 1.34. The summed E-state index contributed by atoms with van der Waals surface area (Å²) in [6.45, 7) is 1.11. The van der Waals surface area contributed by atoms with Gasteiger partial charge in [0.25, 0.3) is 11.8 Å². The third-order valence-corrected chi connectivity index (χ3v) is 5.46. The lowest BCUT2D eigenvalue weighted by atomic mass is 10.0. The molecule has 0 saturated carbocycles. The first kappa shape index (κ1) is 23.0. The first-order chi connectivity index (χ1) is 16.1. The Morgan fingerprint density at radius 3 is 2.38 bits per heavy atom. The fourth-order valence-electron chi connectivity index (χ4n) is 3.88. The zero-order valence-corrected chi connectivity index (χ0v) is 17.8. The van der Waals surface area contributed by atoms with E-state index < -0.39 is 47.8 Å². The van der Waals surface area contributed by atoms with Crippen LogP contribution in [0.1, 0.15) is 29.3 Å². The van der Waals surface area contributed by atoms with Crippen molar-refractivity contribution in [1.82, 2.24) is 10.4 Å². The molecule has 10 heteroatoms. The van der Waals surface area contributed by atoms with Gasteiger partial charge in [0.05, 0.1) is 17.7 Å². The standard InChI is InChI=1S/C24H18F3N3O4/c1-14(31)30(28-22(33)19-11-4-7-15-6-2-3-10-18(15)19)20-13-21(32)29(23(20)34)17-9-5-8-16(12-17)24(25,26)27/h2-12,20H,13H2,1H3,(H,28,33). The molecule has 1 aliphatic heterocycles. The largest absolute Gasteiger partial charge is 0.416 e. The number of hydrogen-bond acceptors (Lipinski definition) is 4. The molecule has 0 spiro atoms. The average molecular weight is 469 g/mol. The summed E-state index contributed by atoms with van der Waals surface area (Å²) in [6, 6.07) is 14.5. The number of nitrogens with one attached hydrogen (secondary N) is 1. The van der Waals surface area contributed by atoms with Crippen molar-refractivity contribution in [1.29, 1.82) is 0 Å². The van der Waals surface area contributed by atoms with Gasteiger partial charge in [-0.3, -0.25) is 24.6 Å². The second-order valence-corrected chi connectivity index (χ2v) is 7.69. The third kappa shape index (κ3) is 4.21. The third-order valence-electron chi connectivity index (χ3n) is 5.46. The fraction of sp³-hybridized carbons (Fsp3) is 0.167. The van der Waals surface area contributed by atoms with Crippen LogP contribution in [0.5, 0.6) is 0 Å². The van der Waals surface area contributed by atoms with Gasteiger partial charge in [-0.15, -0.1) is 0 Å². The zero-order chi connectivity index (χ0) is 24.6. The number of nitrogens with zero attached hydrogens (tertiary/aromatic N) is 2. The van der Waals surface area contributed by atoms with Crippen LogP contribution >= 0.6 is 0 Å². The van der Waals surface area contributed by atoms with E-state index in [-0.39, 0.29) is 11.3 Å². The maximum absolute atomic E-state index is 13.1. The number of fused-ring (bicyclic) bond motifs is 1. The van der Waals surface area contributed by atoms with E-state index in [4.69, 9.17) is 0 Å². The van der Waals surface area contributed by atoms with Gasteiger partial charge in [0.15, 0.2) is 0 Å². The van der Waals surface area contributed by atoms with Gasteiger partial charge in [-0.25, -0.2) is 9.91 Å². The van der Waals surface area contributed by atoms with Crippen LogP contribution in [-0.2, 0) is 20.6 Å². The van der Waals surface area contributed by atoms with Crippen molar-refractivity contribution in [2.24, 2.45) is 0 Å². The number of halogens is 3. The number of benzene rings is 3. The molecule has 1 unspecified atom stereocenters. The van der Waals surface area contributed by atoms with Gasteiger partial charge in [-0.05, 0) is 35.0 Å². The number of amides is 4. The highest BCUT2D eigenvalue weighted by Gasteiger charge is 2.45. The molecule has 1 fully saturated rings. The number of rotatable bonds is 3. The van der Waals surface area contributed by atoms with Gasteiger partial charge in [0, 0.05) is 12.5 Å². The molecule has 4 amide bonds. The lowest BCUT2D eigenvalue weighted by Gasteiger charge is -2.27. The summed E-state index contributed by atoms with van der Waals surface area (Å²) < 4.78 is 39.3. The van der Waals surface area contributed by atoms with Gasteiger partial charge >= 0.3 is 6.18 Å². The minimum atomic E-state index is -4.67. The monoisotopic (exact) mass is 469 g/mol. The van der Waals surface area contributed by atoms with Gasteiger partial charge in [-0.1, -0.05) is 42.5 Å². The number of hydrogen-bond donors (Lipinski definition) is 1. The molecule has 4 rings (SSSR count). The van der Waals surface area contributed by atoms with Gasteiger partial charge in [-0.2, -0.15) is 13.2 Å². The van der Waals surface area contributed by atoms with Crippen LogP contribution in [0.15, 0.2) is 66.7 Å². The molecule has 1 aliphatic rings. The molecule has 1 atom stereocenters. The van der Waals surface area contributed by atoms with Crippen molar-refractivity contribution in [3.63, 3.8) is 0 Å². The summed E-state index contributed by atoms with van der Waals surface area (Å²) in [5.74, 6) is -3.10. The molecule has 1 N–H and O–H groups in total. The number of carbonyl (C=O) groups is 4. The highest BCUT2D eigenvalue weighted by Crippen LogP contribution is 2.33. The highest BCUT2D eigenvalue weighted by atomic mass is 19.4. The van der Waals surface area contributed by atoms with Crippen molar-refractivity contribution in [3.8, 4) is 0 Å². The Bertz CT molecular complexity index is 1320. The Morgan fingerprint density at radius 1 is 1.00 bits per heavy atom. The predicted molar refractivity (Wildman–Crippen MR) is 116 cm³/mol. The number of alkyl halides is 3. The Kier molecular flexibility index (Phi) is 5.82. The normalized spacial score (nSPS) is 16.1. The molecule has 1 heterocycles. The summed E-state index contributed by atoms with van der Waals surface area (Å²) in [6.07, 6.45) is -5.16. The number of carbonyl (C=O) groups excluding carboxylic acids is 4. The molecule has 1 saturated heterocycles. The Balaban J connectivity index is 1.62. The van der Waals surface area contributed by atoms with Crippen LogP contribution in [0.2, 0.25) is 0 Å². The second-order valence-electron chi connectivity index (χ2n) is 7.69. The zero-order valence-electron chi connectivity index (χ0n) is 17.8. The minimum absolute atomic E-state index is 0.246. The quantitative estimate of drug-likeness (QED) is 0.468. The Morgan fingerprint density at radius 2 is 1.68 bits per heavy atom. The molecular formula is C24H18F3N3O4. The molecule has 0 aromatic heterocycles. The lowest BCUT2D eigenvalue weighted by Crippen LogP contribution is -2.54. The van der Waals surface area contributed by atoms with Crippen molar-refractivity contribution >= 4 is 40.1 Å². The Labute approximate surface area is 191 Å². The minimum Gasteiger partial charge on any atom is -0.274 e. The molecular weight excluding hydrogens is 451 g/mol. The molecule has 34 heavy (non-hydrogen) atoms. The Hall–Kier alpha value is -4.21. The first-order valence-corrected chi connectivity index (χ1v) is 10.2. The SMILES string of the molecule is CC(=O)N(NC(=O)c1cccc2ccccc12)C1CC(=O)N(c2cccc(C(F)(F)F)c2)C1=O. The fourth-order valence-corrected chi connectivity index (χ4v) is 3.88. The van der Waals surface area contributed by atoms with Gasteiger partial charge < -0.3 is 0 Å². The maximum atomic E-state index is 13.1. The van der Waals surface area contributed by atoms with E-state index in [0.29, 0.717) is 16.4 Å². The topological polar surface area (TPSA) is 86.8 Å². The van der Waals surface area contributed by atoms with Gasteiger partial charge in [0.2, 0.25) is 11.8 Å². The number of anilines is 1. The molecule has 7 nitrogen and oxygen atoms in total. The molecule has 3 aromatic carbocycles. The van der Waals surface area contributed by atoms with E-state index in [2.05, 4.69) is 5.43 Å². The number of imide groups is 1.